The number of aromatic nitrogens is 2. The number of rotatable bonds is 2. The van der Waals surface area contributed by atoms with E-state index in [1.54, 1.807) is 32.2 Å². The summed E-state index contributed by atoms with van der Waals surface area (Å²) in [5.41, 5.74) is -6.13. The maximum Gasteiger partial charge on any atom is 0.438 e. The first-order chi connectivity index (χ1) is 13.1. The highest BCUT2D eigenvalue weighted by Gasteiger charge is 2.63. The zero-order valence-electron chi connectivity index (χ0n) is 15.4. The molecule has 0 aliphatic carbocycles. The first-order valence-corrected chi connectivity index (χ1v) is 9.18. The summed E-state index contributed by atoms with van der Waals surface area (Å²) < 4.78 is 81.2. The van der Waals surface area contributed by atoms with Gasteiger partial charge in [-0.25, -0.2) is 9.97 Å². The molecular formula is C17H16F6N4OS. The number of aliphatic hydroxyl groups is 1. The first-order valence-electron chi connectivity index (χ1n) is 8.30. The van der Waals surface area contributed by atoms with Crippen LogP contribution in [-0.4, -0.2) is 32.7 Å². The minimum atomic E-state index is -5.22. The molecule has 1 N–H and O–H groups in total. The molecule has 12 heteroatoms. The lowest BCUT2D eigenvalue weighted by atomic mass is 9.86. The number of nitrogens with zero attached hydrogens (tertiary/aromatic N) is 4. The van der Waals surface area contributed by atoms with Crippen molar-refractivity contribution in [1.29, 1.82) is 0 Å². The van der Waals surface area contributed by atoms with E-state index in [1.807, 2.05) is 0 Å². The molecule has 0 aromatic carbocycles. The van der Waals surface area contributed by atoms with Gasteiger partial charge < -0.3 is 5.11 Å². The summed E-state index contributed by atoms with van der Waals surface area (Å²) >= 11 is 1.06. The Kier molecular flexibility index (Phi) is 4.94. The average molecular weight is 438 g/mol. The molecule has 158 valence electrons. The molecule has 0 fully saturated rings. The zero-order chi connectivity index (χ0) is 21.8. The highest BCUT2D eigenvalue weighted by molar-refractivity contribution is 7.13. The van der Waals surface area contributed by atoms with E-state index in [4.69, 9.17) is 0 Å². The van der Waals surface area contributed by atoms with Crippen LogP contribution < -0.4 is 5.01 Å². The Bertz CT molecular complexity index is 933. The molecule has 0 spiro atoms. The number of alkyl halides is 6. The second-order valence-electron chi connectivity index (χ2n) is 7.51. The molecule has 29 heavy (non-hydrogen) atoms. The van der Waals surface area contributed by atoms with Crippen molar-refractivity contribution < 1.29 is 31.4 Å². The van der Waals surface area contributed by atoms with Crippen LogP contribution in [0.2, 0.25) is 0 Å². The molecule has 2 aromatic heterocycles. The van der Waals surface area contributed by atoms with Gasteiger partial charge in [0.25, 0.3) is 5.72 Å². The normalized spacial score (nSPS) is 20.9. The van der Waals surface area contributed by atoms with E-state index >= 15 is 0 Å². The van der Waals surface area contributed by atoms with Crippen LogP contribution in [0.4, 0.5) is 32.3 Å². The Morgan fingerprint density at radius 1 is 1.10 bits per heavy atom. The van der Waals surface area contributed by atoms with Gasteiger partial charge in [0.15, 0.2) is 5.69 Å². The van der Waals surface area contributed by atoms with Gasteiger partial charge in [-0.1, -0.05) is 26.8 Å². The van der Waals surface area contributed by atoms with Crippen molar-refractivity contribution in [3.63, 3.8) is 0 Å². The lowest BCUT2D eigenvalue weighted by Gasteiger charge is -2.33. The molecule has 0 saturated carbocycles. The van der Waals surface area contributed by atoms with Crippen LogP contribution in [-0.2, 0) is 6.18 Å². The molecule has 1 aliphatic rings. The van der Waals surface area contributed by atoms with E-state index in [-0.39, 0.29) is 16.4 Å². The van der Waals surface area contributed by atoms with Gasteiger partial charge in [0.2, 0.25) is 5.95 Å². The van der Waals surface area contributed by atoms with Gasteiger partial charge in [0.1, 0.15) is 0 Å². The van der Waals surface area contributed by atoms with Crippen LogP contribution in [0.25, 0.3) is 10.6 Å². The van der Waals surface area contributed by atoms with E-state index < -0.39 is 41.6 Å². The zero-order valence-corrected chi connectivity index (χ0v) is 16.2. The Labute approximate surface area is 165 Å². The molecule has 5 nitrogen and oxygen atoms in total. The summed E-state index contributed by atoms with van der Waals surface area (Å²) in [5, 5.41) is 15.8. The number of hydrazone groups is 1. The molecule has 1 atom stereocenters. The average Bonchev–Trinajstić information content (AvgIpc) is 3.20. The molecule has 1 aliphatic heterocycles. The van der Waals surface area contributed by atoms with Crippen molar-refractivity contribution in [2.45, 2.75) is 45.3 Å². The summed E-state index contributed by atoms with van der Waals surface area (Å²) in [6.07, 6.45) is -11.1. The van der Waals surface area contributed by atoms with Crippen molar-refractivity contribution in [3.8, 4) is 10.6 Å². The highest BCUT2D eigenvalue weighted by Crippen LogP contribution is 2.45. The second-order valence-corrected chi connectivity index (χ2v) is 8.46. The van der Waals surface area contributed by atoms with Gasteiger partial charge in [-0.15, -0.1) is 11.3 Å². The van der Waals surface area contributed by atoms with Gasteiger partial charge in [-0.2, -0.15) is 36.5 Å². The number of thiophene rings is 1. The summed E-state index contributed by atoms with van der Waals surface area (Å²) in [6, 6.07) is 3.68. The molecule has 0 unspecified atom stereocenters. The van der Waals surface area contributed by atoms with E-state index in [0.717, 1.165) is 11.3 Å². The lowest BCUT2D eigenvalue weighted by Crippen LogP contribution is -2.55. The van der Waals surface area contributed by atoms with Crippen molar-refractivity contribution >= 4 is 23.0 Å². The van der Waals surface area contributed by atoms with Crippen molar-refractivity contribution in [1.82, 2.24) is 9.97 Å². The molecule has 3 heterocycles. The molecular weight excluding hydrogens is 422 g/mol. The fourth-order valence-electron chi connectivity index (χ4n) is 2.62. The lowest BCUT2D eigenvalue weighted by molar-refractivity contribution is -0.254. The standard InChI is InChI=1S/C17H16F6N4OS/c1-14(2,3)12-8-15(28,17(21,22)23)27(26-12)13-24-9(10-5-4-6-29-10)7-11(25-13)16(18,19)20/h4-7,28H,8H2,1-3H3/t15-/m1/s1. The van der Waals surface area contributed by atoms with E-state index in [1.165, 1.54) is 6.07 Å². The summed E-state index contributed by atoms with van der Waals surface area (Å²) in [6.45, 7) is 4.74. The Balaban J connectivity index is 2.23. The molecule has 3 rings (SSSR count). The number of hydrogen-bond donors (Lipinski definition) is 1. The number of halogens is 6. The van der Waals surface area contributed by atoms with Crippen LogP contribution in [0, 0.1) is 5.41 Å². The Hall–Kier alpha value is -2.21. The third kappa shape index (κ3) is 3.95. The van der Waals surface area contributed by atoms with Crippen LogP contribution in [0.15, 0.2) is 28.7 Å². The molecule has 2 aromatic rings. The smallest absolute Gasteiger partial charge is 0.362 e. The molecule has 0 bridgehead atoms. The third-order valence-corrected chi connectivity index (χ3v) is 5.17. The quantitative estimate of drug-likeness (QED) is 0.664. The first kappa shape index (κ1) is 21.5. The van der Waals surface area contributed by atoms with Crippen molar-refractivity contribution in [2.24, 2.45) is 10.5 Å². The SMILES string of the molecule is CC(C)(C)C1=NN(c2nc(-c3cccs3)cc(C(F)(F)F)n2)[C@](O)(C(F)(F)F)C1. The maximum atomic E-state index is 13.7. The van der Waals surface area contributed by atoms with E-state index in [0.29, 0.717) is 10.9 Å². The summed E-state index contributed by atoms with van der Waals surface area (Å²) in [5.74, 6) is -0.984. The summed E-state index contributed by atoms with van der Waals surface area (Å²) in [7, 11) is 0. The molecule has 0 radical (unpaired) electrons. The molecule has 0 amide bonds. The van der Waals surface area contributed by atoms with E-state index in [2.05, 4.69) is 15.1 Å². The van der Waals surface area contributed by atoms with Gasteiger partial charge >= 0.3 is 12.4 Å². The number of hydrogen-bond acceptors (Lipinski definition) is 6. The second kappa shape index (κ2) is 6.66. The monoisotopic (exact) mass is 438 g/mol. The maximum absolute atomic E-state index is 13.7. The minimum Gasteiger partial charge on any atom is -0.362 e. The van der Waals surface area contributed by atoms with E-state index in [9.17, 15) is 31.4 Å². The Morgan fingerprint density at radius 3 is 2.24 bits per heavy atom. The van der Waals surface area contributed by atoms with Crippen molar-refractivity contribution in [2.75, 3.05) is 5.01 Å². The predicted octanol–water partition coefficient (Wildman–Crippen LogP) is 5.09. The summed E-state index contributed by atoms with van der Waals surface area (Å²) in [4.78, 5) is 7.40. The highest BCUT2D eigenvalue weighted by atomic mass is 32.1. The number of anilines is 1. The van der Waals surface area contributed by atoms with Crippen LogP contribution in [0.5, 0.6) is 0 Å². The predicted molar refractivity (Wildman–Crippen MR) is 95.3 cm³/mol. The van der Waals surface area contributed by atoms with Crippen molar-refractivity contribution in [3.05, 3.63) is 29.3 Å². The van der Waals surface area contributed by atoms with Gasteiger partial charge in [0.05, 0.1) is 10.6 Å². The topological polar surface area (TPSA) is 61.6 Å². The minimum absolute atomic E-state index is 0.0416. The molecule has 0 saturated heterocycles. The fourth-order valence-corrected chi connectivity index (χ4v) is 3.30. The Morgan fingerprint density at radius 2 is 1.76 bits per heavy atom. The fraction of sp³-hybridized carbons (Fsp3) is 0.471. The van der Waals surface area contributed by atoms with Gasteiger partial charge in [-0.3, -0.25) is 0 Å². The van der Waals surface area contributed by atoms with Crippen LogP contribution in [0.3, 0.4) is 0 Å². The van der Waals surface area contributed by atoms with Crippen LogP contribution >= 0.6 is 11.3 Å². The van der Waals surface area contributed by atoms with Crippen LogP contribution in [0.1, 0.15) is 32.9 Å². The van der Waals surface area contributed by atoms with Gasteiger partial charge in [0, 0.05) is 17.5 Å². The largest absolute Gasteiger partial charge is 0.438 e. The third-order valence-electron chi connectivity index (χ3n) is 4.27. The van der Waals surface area contributed by atoms with Gasteiger partial charge in [-0.05, 0) is 17.5 Å².